The number of hydrazone groups is 1. The number of rotatable bonds is 10. The molecule has 30 heavy (non-hydrogen) atoms. The molecule has 2 aromatic carbocycles. The van der Waals surface area contributed by atoms with Crippen molar-refractivity contribution >= 4 is 33.7 Å². The van der Waals surface area contributed by atoms with Crippen molar-refractivity contribution in [2.75, 3.05) is 11.9 Å². The quantitative estimate of drug-likeness (QED) is 0.244. The van der Waals surface area contributed by atoms with Crippen molar-refractivity contribution in [2.24, 2.45) is 5.10 Å². The highest BCUT2D eigenvalue weighted by molar-refractivity contribution is 9.10. The third kappa shape index (κ3) is 7.36. The van der Waals surface area contributed by atoms with E-state index in [-0.39, 0.29) is 18.3 Å². The van der Waals surface area contributed by atoms with Gasteiger partial charge in [0.05, 0.1) is 6.21 Å². The molecule has 0 aliphatic carbocycles. The molecular formula is C22H21BrFN3O3. The van der Waals surface area contributed by atoms with E-state index in [4.69, 9.17) is 9.15 Å². The van der Waals surface area contributed by atoms with Crippen LogP contribution in [0.1, 0.15) is 24.2 Å². The first-order valence-electron chi connectivity index (χ1n) is 9.37. The fourth-order valence-electron chi connectivity index (χ4n) is 2.49. The molecule has 0 unspecified atom stereocenters. The van der Waals surface area contributed by atoms with Gasteiger partial charge in [-0.2, -0.15) is 5.10 Å². The van der Waals surface area contributed by atoms with Crippen LogP contribution in [0.3, 0.4) is 0 Å². The van der Waals surface area contributed by atoms with Gasteiger partial charge in [0, 0.05) is 29.2 Å². The summed E-state index contributed by atoms with van der Waals surface area (Å²) < 4.78 is 24.9. The second-order valence-electron chi connectivity index (χ2n) is 6.40. The lowest BCUT2D eigenvalue weighted by Crippen LogP contribution is -2.18. The van der Waals surface area contributed by atoms with Crippen molar-refractivity contribution in [3.05, 3.63) is 82.3 Å². The van der Waals surface area contributed by atoms with Crippen molar-refractivity contribution in [3.63, 3.8) is 0 Å². The maximum atomic E-state index is 12.9. The van der Waals surface area contributed by atoms with Crippen LogP contribution in [0, 0.1) is 5.82 Å². The van der Waals surface area contributed by atoms with Crippen LogP contribution < -0.4 is 15.5 Å². The molecule has 0 bridgehead atoms. The Balaban J connectivity index is 1.33. The van der Waals surface area contributed by atoms with Gasteiger partial charge in [-0.3, -0.25) is 4.79 Å². The minimum Gasteiger partial charge on any atom is -0.460 e. The van der Waals surface area contributed by atoms with Gasteiger partial charge in [0.1, 0.15) is 12.4 Å². The summed E-state index contributed by atoms with van der Waals surface area (Å²) in [6, 6.07) is 17.2. The van der Waals surface area contributed by atoms with E-state index in [0.717, 1.165) is 15.7 Å². The number of nitrogens with zero attached hydrogens (tertiary/aromatic N) is 1. The molecule has 1 aromatic heterocycles. The van der Waals surface area contributed by atoms with E-state index in [1.54, 1.807) is 24.3 Å². The molecule has 3 rings (SSSR count). The minimum atomic E-state index is -0.293. The zero-order chi connectivity index (χ0) is 21.2. The Bertz CT molecular complexity index is 972. The first-order valence-corrected chi connectivity index (χ1v) is 10.2. The Kier molecular flexibility index (Phi) is 8.02. The number of ether oxygens (including phenoxy) is 1. The number of halogens is 2. The van der Waals surface area contributed by atoms with E-state index >= 15 is 0 Å². The summed E-state index contributed by atoms with van der Waals surface area (Å²) >= 11 is 3.39. The summed E-state index contributed by atoms with van der Waals surface area (Å²) in [5.41, 5.74) is 4.30. The van der Waals surface area contributed by atoms with Crippen molar-refractivity contribution in [1.29, 1.82) is 0 Å². The first-order chi connectivity index (χ1) is 14.6. The van der Waals surface area contributed by atoms with Crippen LogP contribution in [0.15, 0.2) is 74.7 Å². The van der Waals surface area contributed by atoms with Crippen LogP contribution in [0.25, 0.3) is 0 Å². The number of hydrogen-bond donors (Lipinski definition) is 2. The summed E-state index contributed by atoms with van der Waals surface area (Å²) in [7, 11) is 0. The van der Waals surface area contributed by atoms with E-state index < -0.39 is 0 Å². The van der Waals surface area contributed by atoms with Crippen LogP contribution in [-0.2, 0) is 11.4 Å². The molecule has 0 saturated carbocycles. The van der Waals surface area contributed by atoms with Gasteiger partial charge < -0.3 is 14.5 Å². The predicted molar refractivity (Wildman–Crippen MR) is 117 cm³/mol. The number of amides is 1. The lowest BCUT2D eigenvalue weighted by Gasteiger charge is -2.05. The van der Waals surface area contributed by atoms with Crippen LogP contribution in [0.5, 0.6) is 5.95 Å². The Morgan fingerprint density at radius 3 is 2.63 bits per heavy atom. The number of carbonyl (C=O) groups is 1. The van der Waals surface area contributed by atoms with Gasteiger partial charge in [-0.1, -0.05) is 28.1 Å². The van der Waals surface area contributed by atoms with Gasteiger partial charge in [-0.25, -0.2) is 9.82 Å². The molecule has 0 aliphatic rings. The Morgan fingerprint density at radius 2 is 1.87 bits per heavy atom. The summed E-state index contributed by atoms with van der Waals surface area (Å²) in [4.78, 5) is 11.8. The minimum absolute atomic E-state index is 0.178. The second-order valence-corrected chi connectivity index (χ2v) is 7.32. The van der Waals surface area contributed by atoms with Crippen LogP contribution >= 0.6 is 15.9 Å². The molecule has 0 spiro atoms. The first kappa shape index (κ1) is 21.6. The van der Waals surface area contributed by atoms with E-state index in [2.05, 4.69) is 31.8 Å². The second kappa shape index (κ2) is 11.2. The topological polar surface area (TPSA) is 75.9 Å². The summed E-state index contributed by atoms with van der Waals surface area (Å²) in [6.45, 7) is 0.946. The van der Waals surface area contributed by atoms with Gasteiger partial charge in [0.2, 0.25) is 5.91 Å². The SMILES string of the molecule is O=C(CCCNc1ccc(Br)cc1)N/N=C/c1ccc(OCc2ccc(F)cc2)o1. The van der Waals surface area contributed by atoms with Crippen LogP contribution in [0.4, 0.5) is 10.1 Å². The van der Waals surface area contributed by atoms with Crippen molar-refractivity contribution in [1.82, 2.24) is 5.43 Å². The molecule has 0 saturated heterocycles. The smallest absolute Gasteiger partial charge is 0.285 e. The van der Waals surface area contributed by atoms with E-state index in [1.165, 1.54) is 18.3 Å². The molecule has 0 radical (unpaired) electrons. The average molecular weight is 474 g/mol. The lowest BCUT2D eigenvalue weighted by molar-refractivity contribution is -0.121. The summed E-state index contributed by atoms with van der Waals surface area (Å²) in [6.07, 6.45) is 2.44. The van der Waals surface area contributed by atoms with E-state index in [0.29, 0.717) is 31.1 Å². The fourth-order valence-corrected chi connectivity index (χ4v) is 2.75. The van der Waals surface area contributed by atoms with Gasteiger partial charge >= 0.3 is 0 Å². The Morgan fingerprint density at radius 1 is 1.10 bits per heavy atom. The molecule has 1 amide bonds. The Labute approximate surface area is 182 Å². The number of benzene rings is 2. The molecule has 1 heterocycles. The van der Waals surface area contributed by atoms with E-state index in [9.17, 15) is 9.18 Å². The zero-order valence-corrected chi connectivity index (χ0v) is 17.7. The third-order valence-electron chi connectivity index (χ3n) is 4.03. The molecule has 0 atom stereocenters. The summed E-state index contributed by atoms with van der Waals surface area (Å²) in [5.74, 6) is 0.286. The fraction of sp³-hybridized carbons (Fsp3) is 0.182. The number of carbonyl (C=O) groups excluding carboxylic acids is 1. The monoisotopic (exact) mass is 473 g/mol. The molecule has 0 aliphatic heterocycles. The Hall–Kier alpha value is -3.13. The molecule has 2 N–H and O–H groups in total. The maximum Gasteiger partial charge on any atom is 0.285 e. The van der Waals surface area contributed by atoms with Gasteiger partial charge in [-0.15, -0.1) is 0 Å². The number of hydrogen-bond acceptors (Lipinski definition) is 5. The standard InChI is InChI=1S/C22H21BrFN3O3/c23-17-5-9-19(10-6-17)25-13-1-2-21(28)27-26-14-20-11-12-22(30-20)29-15-16-3-7-18(24)8-4-16/h3-12,14,25H,1-2,13,15H2,(H,27,28)/b26-14+. The molecule has 6 nitrogen and oxygen atoms in total. The number of nitrogens with one attached hydrogen (secondary N) is 2. The molecule has 156 valence electrons. The van der Waals surface area contributed by atoms with Crippen LogP contribution in [0.2, 0.25) is 0 Å². The molecular weight excluding hydrogens is 453 g/mol. The van der Waals surface area contributed by atoms with Crippen molar-refractivity contribution in [2.45, 2.75) is 19.4 Å². The predicted octanol–water partition coefficient (Wildman–Crippen LogP) is 5.10. The highest BCUT2D eigenvalue weighted by Crippen LogP contribution is 2.17. The van der Waals surface area contributed by atoms with Crippen molar-refractivity contribution in [3.8, 4) is 5.95 Å². The maximum absolute atomic E-state index is 12.9. The van der Waals surface area contributed by atoms with Gasteiger partial charge in [-0.05, 0) is 54.4 Å². The molecule has 0 fully saturated rings. The third-order valence-corrected chi connectivity index (χ3v) is 4.56. The highest BCUT2D eigenvalue weighted by Gasteiger charge is 2.03. The van der Waals surface area contributed by atoms with Gasteiger partial charge in [0.25, 0.3) is 5.95 Å². The van der Waals surface area contributed by atoms with E-state index in [1.807, 2.05) is 24.3 Å². The number of anilines is 1. The van der Waals surface area contributed by atoms with Gasteiger partial charge in [0.15, 0.2) is 5.76 Å². The largest absolute Gasteiger partial charge is 0.460 e. The average Bonchev–Trinajstić information content (AvgIpc) is 3.20. The summed E-state index contributed by atoms with van der Waals surface area (Å²) in [5, 5.41) is 7.14. The lowest BCUT2D eigenvalue weighted by atomic mass is 10.2. The number of furan rings is 1. The molecule has 3 aromatic rings. The zero-order valence-electron chi connectivity index (χ0n) is 16.1. The van der Waals surface area contributed by atoms with Crippen LogP contribution in [-0.4, -0.2) is 18.7 Å². The van der Waals surface area contributed by atoms with Crippen molar-refractivity contribution < 1.29 is 18.3 Å². The molecule has 8 heteroatoms. The highest BCUT2D eigenvalue weighted by atomic mass is 79.9. The normalized spacial score (nSPS) is 10.9.